The lowest BCUT2D eigenvalue weighted by Crippen LogP contribution is -2.30. The molecule has 0 heterocycles. The lowest BCUT2D eigenvalue weighted by molar-refractivity contribution is -0.384. The van der Waals surface area contributed by atoms with Crippen molar-refractivity contribution in [3.8, 4) is 11.5 Å². The molecule has 0 saturated carbocycles. The zero-order chi connectivity index (χ0) is 17.7. The summed E-state index contributed by atoms with van der Waals surface area (Å²) in [6, 6.07) is 10.5. The quantitative estimate of drug-likeness (QED) is 0.634. The third-order valence-corrected chi connectivity index (χ3v) is 3.43. The molecule has 0 radical (unpaired) electrons. The van der Waals surface area contributed by atoms with E-state index >= 15 is 0 Å². The van der Waals surface area contributed by atoms with Crippen molar-refractivity contribution in [2.24, 2.45) is 0 Å². The number of hydrogen-bond donors (Lipinski definition) is 1. The lowest BCUT2D eigenvalue weighted by Gasteiger charge is -2.15. The number of non-ortho nitro benzene ring substituents is 1. The average Bonchev–Trinajstić information content (AvgIpc) is 2.55. The highest BCUT2D eigenvalue weighted by molar-refractivity contribution is 6.32. The van der Waals surface area contributed by atoms with Gasteiger partial charge in [-0.3, -0.25) is 14.9 Å². The first-order valence-corrected chi connectivity index (χ1v) is 7.34. The van der Waals surface area contributed by atoms with Gasteiger partial charge in [0.1, 0.15) is 11.5 Å². The number of nitro benzene ring substituents is 1. The van der Waals surface area contributed by atoms with Crippen LogP contribution in [0.3, 0.4) is 0 Å². The van der Waals surface area contributed by atoms with E-state index in [-0.39, 0.29) is 11.4 Å². The third-order valence-electron chi connectivity index (χ3n) is 3.13. The molecule has 1 atom stereocenters. The van der Waals surface area contributed by atoms with Crippen LogP contribution in [0.2, 0.25) is 5.02 Å². The van der Waals surface area contributed by atoms with Gasteiger partial charge in [-0.1, -0.05) is 17.7 Å². The van der Waals surface area contributed by atoms with Gasteiger partial charge in [0.05, 0.1) is 23.1 Å². The number of carbonyl (C=O) groups excluding carboxylic acids is 1. The van der Waals surface area contributed by atoms with Crippen LogP contribution in [0.1, 0.15) is 6.92 Å². The number of anilines is 1. The fourth-order valence-corrected chi connectivity index (χ4v) is 2.17. The number of rotatable bonds is 6. The van der Waals surface area contributed by atoms with Crippen molar-refractivity contribution in [2.45, 2.75) is 13.0 Å². The first-order chi connectivity index (χ1) is 11.4. The molecule has 0 saturated heterocycles. The Balaban J connectivity index is 2.03. The minimum Gasteiger partial charge on any atom is -0.495 e. The van der Waals surface area contributed by atoms with Gasteiger partial charge < -0.3 is 14.8 Å². The van der Waals surface area contributed by atoms with Crippen LogP contribution < -0.4 is 14.8 Å². The van der Waals surface area contributed by atoms with E-state index in [1.807, 2.05) is 0 Å². The van der Waals surface area contributed by atoms with Crippen molar-refractivity contribution in [2.75, 3.05) is 12.4 Å². The summed E-state index contributed by atoms with van der Waals surface area (Å²) >= 11 is 6.00. The maximum Gasteiger partial charge on any atom is 0.273 e. The van der Waals surface area contributed by atoms with Gasteiger partial charge in [0.2, 0.25) is 0 Å². The number of halogens is 1. The van der Waals surface area contributed by atoms with E-state index in [4.69, 9.17) is 21.1 Å². The lowest BCUT2D eigenvalue weighted by atomic mass is 10.2. The highest BCUT2D eigenvalue weighted by Gasteiger charge is 2.17. The number of nitrogens with zero attached hydrogens (tertiary/aromatic N) is 1. The van der Waals surface area contributed by atoms with Crippen LogP contribution >= 0.6 is 11.6 Å². The Morgan fingerprint density at radius 3 is 2.67 bits per heavy atom. The molecule has 0 aliphatic heterocycles. The van der Waals surface area contributed by atoms with Crippen molar-refractivity contribution in [3.05, 3.63) is 57.6 Å². The predicted octanol–water partition coefficient (Wildman–Crippen LogP) is 3.66. The van der Waals surface area contributed by atoms with E-state index < -0.39 is 16.9 Å². The Labute approximate surface area is 143 Å². The van der Waals surface area contributed by atoms with Gasteiger partial charge in [-0.2, -0.15) is 0 Å². The van der Waals surface area contributed by atoms with Crippen molar-refractivity contribution in [3.63, 3.8) is 0 Å². The molecule has 0 unspecified atom stereocenters. The molecule has 126 valence electrons. The summed E-state index contributed by atoms with van der Waals surface area (Å²) in [6.45, 7) is 1.54. The minimum atomic E-state index is -0.854. The van der Waals surface area contributed by atoms with E-state index in [2.05, 4.69) is 5.32 Å². The van der Waals surface area contributed by atoms with Crippen molar-refractivity contribution in [1.82, 2.24) is 0 Å². The maximum absolute atomic E-state index is 12.2. The van der Waals surface area contributed by atoms with Gasteiger partial charge in [-0.25, -0.2) is 0 Å². The van der Waals surface area contributed by atoms with Gasteiger partial charge in [-0.05, 0) is 31.2 Å². The van der Waals surface area contributed by atoms with Crippen LogP contribution in [0, 0.1) is 10.1 Å². The first kappa shape index (κ1) is 17.6. The van der Waals surface area contributed by atoms with Crippen molar-refractivity contribution >= 4 is 28.9 Å². The second kappa shape index (κ2) is 7.65. The summed E-state index contributed by atoms with van der Waals surface area (Å²) in [7, 11) is 1.49. The monoisotopic (exact) mass is 350 g/mol. The Bertz CT molecular complexity index is 766. The van der Waals surface area contributed by atoms with Crippen LogP contribution in [0.5, 0.6) is 11.5 Å². The molecule has 0 aliphatic rings. The Kier molecular flexibility index (Phi) is 5.59. The topological polar surface area (TPSA) is 90.7 Å². The van der Waals surface area contributed by atoms with Gasteiger partial charge >= 0.3 is 0 Å². The molecule has 0 aliphatic carbocycles. The molecule has 0 aromatic heterocycles. The van der Waals surface area contributed by atoms with E-state index in [1.54, 1.807) is 31.2 Å². The molecule has 2 rings (SSSR count). The molecular formula is C16H15ClN2O5. The second-order valence-electron chi connectivity index (χ2n) is 4.85. The van der Waals surface area contributed by atoms with Crippen LogP contribution in [0.25, 0.3) is 0 Å². The molecule has 2 aromatic rings. The normalized spacial score (nSPS) is 11.5. The van der Waals surface area contributed by atoms with E-state index in [1.165, 1.54) is 25.3 Å². The zero-order valence-electron chi connectivity index (χ0n) is 13.0. The molecule has 7 nitrogen and oxygen atoms in total. The molecule has 24 heavy (non-hydrogen) atoms. The fourth-order valence-electron chi connectivity index (χ4n) is 1.92. The molecular weight excluding hydrogens is 336 g/mol. The highest BCUT2D eigenvalue weighted by Crippen LogP contribution is 2.27. The third kappa shape index (κ3) is 4.36. The maximum atomic E-state index is 12.2. The number of carbonyl (C=O) groups is 1. The summed E-state index contributed by atoms with van der Waals surface area (Å²) in [5, 5.41) is 13.8. The minimum absolute atomic E-state index is 0.109. The summed E-state index contributed by atoms with van der Waals surface area (Å²) < 4.78 is 10.5. The molecule has 0 spiro atoms. The van der Waals surface area contributed by atoms with Crippen LogP contribution in [-0.2, 0) is 4.79 Å². The molecule has 1 amide bonds. The molecule has 0 fully saturated rings. The number of benzene rings is 2. The van der Waals surface area contributed by atoms with E-state index in [0.717, 1.165) is 0 Å². The number of methoxy groups -OCH3 is 1. The standard InChI is InChI=1S/C16H15ClN2O5/c1-10(24-13-5-3-4-12(9-13)19(21)22)16(20)18-11-6-7-15(23-2)14(17)8-11/h3-10H,1-2H3,(H,18,20)/t10-/m0/s1. The second-order valence-corrected chi connectivity index (χ2v) is 5.26. The largest absolute Gasteiger partial charge is 0.495 e. The van der Waals surface area contributed by atoms with Gasteiger partial charge in [0.25, 0.3) is 11.6 Å². The Morgan fingerprint density at radius 1 is 1.29 bits per heavy atom. The van der Waals surface area contributed by atoms with E-state index in [0.29, 0.717) is 16.5 Å². The number of ether oxygens (including phenoxy) is 2. The Hall–Kier alpha value is -2.80. The fraction of sp³-hybridized carbons (Fsp3) is 0.188. The van der Waals surface area contributed by atoms with Crippen LogP contribution in [-0.4, -0.2) is 24.0 Å². The number of amides is 1. The van der Waals surface area contributed by atoms with Crippen LogP contribution in [0.4, 0.5) is 11.4 Å². The molecule has 1 N–H and O–H groups in total. The molecule has 0 bridgehead atoms. The summed E-state index contributed by atoms with van der Waals surface area (Å²) in [4.78, 5) is 22.4. The molecule has 2 aromatic carbocycles. The smallest absolute Gasteiger partial charge is 0.273 e. The average molecular weight is 351 g/mol. The highest BCUT2D eigenvalue weighted by atomic mass is 35.5. The van der Waals surface area contributed by atoms with Gasteiger partial charge in [0, 0.05) is 11.8 Å². The SMILES string of the molecule is COc1ccc(NC(=O)[C@H](C)Oc2cccc([N+](=O)[O-])c2)cc1Cl. The van der Waals surface area contributed by atoms with Crippen molar-refractivity contribution in [1.29, 1.82) is 0 Å². The van der Waals surface area contributed by atoms with Gasteiger partial charge in [-0.15, -0.1) is 0 Å². The summed E-state index contributed by atoms with van der Waals surface area (Å²) in [5.41, 5.74) is 0.377. The number of nitro groups is 1. The molecule has 8 heteroatoms. The van der Waals surface area contributed by atoms with Gasteiger partial charge in [0.15, 0.2) is 6.10 Å². The number of hydrogen-bond acceptors (Lipinski definition) is 5. The first-order valence-electron chi connectivity index (χ1n) is 6.96. The van der Waals surface area contributed by atoms with Crippen LogP contribution in [0.15, 0.2) is 42.5 Å². The summed E-state index contributed by atoms with van der Waals surface area (Å²) in [6.07, 6.45) is -0.854. The zero-order valence-corrected chi connectivity index (χ0v) is 13.7. The Morgan fingerprint density at radius 2 is 2.04 bits per heavy atom. The summed E-state index contributed by atoms with van der Waals surface area (Å²) in [5.74, 6) is 0.318. The predicted molar refractivity (Wildman–Crippen MR) is 89.8 cm³/mol. The number of nitrogens with one attached hydrogen (secondary N) is 1. The van der Waals surface area contributed by atoms with E-state index in [9.17, 15) is 14.9 Å². The van der Waals surface area contributed by atoms with Crippen molar-refractivity contribution < 1.29 is 19.2 Å².